The van der Waals surface area contributed by atoms with Crippen LogP contribution in [0.3, 0.4) is 0 Å². The fraction of sp³-hybridized carbons (Fsp3) is 0.118. The third kappa shape index (κ3) is 3.94. The van der Waals surface area contributed by atoms with Crippen molar-refractivity contribution in [2.24, 2.45) is 0 Å². The molecule has 0 atom stereocenters. The summed E-state index contributed by atoms with van der Waals surface area (Å²) in [5, 5.41) is 0. The quantitative estimate of drug-likeness (QED) is 0.728. The van der Waals surface area contributed by atoms with Crippen molar-refractivity contribution < 1.29 is 26.0 Å². The Morgan fingerprint density at radius 1 is 1.08 bits per heavy atom. The number of pyridine rings is 1. The number of alkyl halides is 3. The summed E-state index contributed by atoms with van der Waals surface area (Å²) >= 11 is 0. The lowest BCUT2D eigenvalue weighted by Crippen LogP contribution is -2.24. The van der Waals surface area contributed by atoms with Crippen molar-refractivity contribution >= 4 is 10.0 Å². The predicted octanol–water partition coefficient (Wildman–Crippen LogP) is 3.84. The molecule has 0 aliphatic heterocycles. The van der Waals surface area contributed by atoms with Crippen LogP contribution >= 0.6 is 0 Å². The maximum atomic E-state index is 12.8. The average Bonchev–Trinajstić information content (AvgIpc) is 3.14. The minimum atomic E-state index is -4.62. The zero-order valence-electron chi connectivity index (χ0n) is 13.2. The van der Waals surface area contributed by atoms with Crippen LogP contribution in [0.4, 0.5) is 13.2 Å². The second-order valence-electron chi connectivity index (χ2n) is 5.34. The molecule has 1 aromatic carbocycles. The molecule has 2 heterocycles. The van der Waals surface area contributed by atoms with E-state index < -0.39 is 26.7 Å². The highest BCUT2D eigenvalue weighted by molar-refractivity contribution is 7.89. The van der Waals surface area contributed by atoms with E-state index >= 15 is 0 Å². The molecule has 5 nitrogen and oxygen atoms in total. The smallest absolute Gasteiger partial charge is 0.416 e. The highest BCUT2D eigenvalue weighted by Crippen LogP contribution is 2.30. The summed E-state index contributed by atoms with van der Waals surface area (Å²) in [6.07, 6.45) is -1.63. The van der Waals surface area contributed by atoms with Gasteiger partial charge in [0.25, 0.3) is 0 Å². The van der Waals surface area contributed by atoms with E-state index in [-0.39, 0.29) is 6.54 Å². The van der Waals surface area contributed by atoms with Gasteiger partial charge in [-0.2, -0.15) is 13.2 Å². The average molecular weight is 382 g/mol. The molecular weight excluding hydrogens is 369 g/mol. The molecule has 0 aliphatic carbocycles. The fourth-order valence-electron chi connectivity index (χ4n) is 2.31. The summed E-state index contributed by atoms with van der Waals surface area (Å²) in [6.45, 7) is -0.150. The lowest BCUT2D eigenvalue weighted by atomic mass is 10.1. The molecule has 0 radical (unpaired) electrons. The molecule has 2 aromatic heterocycles. The maximum Gasteiger partial charge on any atom is 0.416 e. The molecule has 3 aromatic rings. The SMILES string of the molecule is O=S(=O)(NCc1cccnc1-c1ccco1)c1cccc(C(F)(F)F)c1. The first-order chi connectivity index (χ1) is 12.3. The van der Waals surface area contributed by atoms with Gasteiger partial charge in [-0.15, -0.1) is 0 Å². The van der Waals surface area contributed by atoms with E-state index in [1.165, 1.54) is 12.5 Å². The second-order valence-corrected chi connectivity index (χ2v) is 7.11. The number of benzene rings is 1. The summed E-state index contributed by atoms with van der Waals surface area (Å²) in [5.74, 6) is 0.457. The normalized spacial score (nSPS) is 12.3. The van der Waals surface area contributed by atoms with Crippen molar-refractivity contribution in [1.29, 1.82) is 0 Å². The monoisotopic (exact) mass is 382 g/mol. The van der Waals surface area contributed by atoms with Gasteiger partial charge >= 0.3 is 6.18 Å². The van der Waals surface area contributed by atoms with E-state index in [4.69, 9.17) is 4.42 Å². The largest absolute Gasteiger partial charge is 0.463 e. The van der Waals surface area contributed by atoms with Crippen LogP contribution in [-0.2, 0) is 22.7 Å². The Morgan fingerprint density at radius 2 is 1.88 bits per heavy atom. The third-order valence-corrected chi connectivity index (χ3v) is 4.97. The Morgan fingerprint density at radius 3 is 2.58 bits per heavy atom. The van der Waals surface area contributed by atoms with E-state index in [1.54, 1.807) is 24.3 Å². The standard InChI is InChI=1S/C17H13F3N2O3S/c18-17(19,20)13-5-1-6-14(10-13)26(23,24)22-11-12-4-2-8-21-16(12)15-7-3-9-25-15/h1-10,22H,11H2. The van der Waals surface area contributed by atoms with Crippen LogP contribution in [0.1, 0.15) is 11.1 Å². The van der Waals surface area contributed by atoms with Crippen LogP contribution in [0.2, 0.25) is 0 Å². The number of hydrogen-bond donors (Lipinski definition) is 1. The summed E-state index contributed by atoms with van der Waals surface area (Å²) in [4.78, 5) is 3.70. The zero-order chi connectivity index (χ0) is 18.8. The molecule has 0 saturated heterocycles. The Labute approximate surface area is 147 Å². The highest BCUT2D eigenvalue weighted by atomic mass is 32.2. The van der Waals surface area contributed by atoms with Crippen molar-refractivity contribution in [3.05, 3.63) is 72.1 Å². The minimum Gasteiger partial charge on any atom is -0.463 e. The van der Waals surface area contributed by atoms with Gasteiger partial charge in [0.05, 0.1) is 16.7 Å². The summed E-state index contributed by atoms with van der Waals surface area (Å²) < 4.78 is 70.6. The van der Waals surface area contributed by atoms with Crippen molar-refractivity contribution in [3.8, 4) is 11.5 Å². The number of rotatable bonds is 5. The van der Waals surface area contributed by atoms with E-state index in [1.807, 2.05) is 0 Å². The first kappa shape index (κ1) is 18.2. The third-order valence-electron chi connectivity index (χ3n) is 3.57. The number of aromatic nitrogens is 1. The maximum absolute atomic E-state index is 12.8. The van der Waals surface area contributed by atoms with E-state index in [9.17, 15) is 21.6 Å². The number of furan rings is 1. The lowest BCUT2D eigenvalue weighted by Gasteiger charge is -2.11. The number of sulfonamides is 1. The number of nitrogens with one attached hydrogen (secondary N) is 1. The molecule has 26 heavy (non-hydrogen) atoms. The van der Waals surface area contributed by atoms with E-state index in [2.05, 4.69) is 9.71 Å². The van der Waals surface area contributed by atoms with Crippen molar-refractivity contribution in [2.45, 2.75) is 17.6 Å². The van der Waals surface area contributed by atoms with Gasteiger partial charge in [0.1, 0.15) is 5.69 Å². The lowest BCUT2D eigenvalue weighted by molar-refractivity contribution is -0.137. The molecular formula is C17H13F3N2O3S. The molecule has 0 spiro atoms. The molecule has 3 rings (SSSR count). The molecule has 1 N–H and O–H groups in total. The van der Waals surface area contributed by atoms with E-state index in [0.29, 0.717) is 23.1 Å². The van der Waals surface area contributed by atoms with Crippen LogP contribution in [0.15, 0.2) is 70.3 Å². The van der Waals surface area contributed by atoms with Gasteiger partial charge in [-0.05, 0) is 42.0 Å². The zero-order valence-corrected chi connectivity index (χ0v) is 14.0. The van der Waals surface area contributed by atoms with E-state index in [0.717, 1.165) is 18.2 Å². The Bertz CT molecular complexity index is 1000. The van der Waals surface area contributed by atoms with Crippen LogP contribution in [0, 0.1) is 0 Å². The van der Waals surface area contributed by atoms with Crippen LogP contribution in [0.25, 0.3) is 11.5 Å². The first-order valence-corrected chi connectivity index (χ1v) is 8.90. The molecule has 136 valence electrons. The fourth-order valence-corrected chi connectivity index (χ4v) is 3.36. The molecule has 0 saturated carbocycles. The van der Waals surface area contributed by atoms with Gasteiger partial charge in [-0.25, -0.2) is 13.1 Å². The van der Waals surface area contributed by atoms with Crippen molar-refractivity contribution in [3.63, 3.8) is 0 Å². The highest BCUT2D eigenvalue weighted by Gasteiger charge is 2.31. The Kier molecular flexibility index (Phi) is 4.84. The van der Waals surface area contributed by atoms with Gasteiger partial charge < -0.3 is 4.42 Å². The Balaban J connectivity index is 1.84. The van der Waals surface area contributed by atoms with Gasteiger partial charge in [-0.3, -0.25) is 4.98 Å². The summed E-state index contributed by atoms with van der Waals surface area (Å²) in [6, 6.07) is 10.2. The molecule has 0 amide bonds. The molecule has 0 aliphatic rings. The van der Waals surface area contributed by atoms with Gasteiger partial charge in [0.2, 0.25) is 10.0 Å². The van der Waals surface area contributed by atoms with Crippen molar-refractivity contribution in [2.75, 3.05) is 0 Å². The van der Waals surface area contributed by atoms with Crippen molar-refractivity contribution in [1.82, 2.24) is 9.71 Å². The molecule has 0 bridgehead atoms. The van der Waals surface area contributed by atoms with Crippen LogP contribution in [-0.4, -0.2) is 13.4 Å². The van der Waals surface area contributed by atoms with Gasteiger partial charge in [0.15, 0.2) is 5.76 Å². The summed E-state index contributed by atoms with van der Waals surface area (Å²) in [5.41, 5.74) is -0.0553. The topological polar surface area (TPSA) is 72.2 Å². The Hall–Kier alpha value is -2.65. The molecule has 9 heteroatoms. The number of hydrogen-bond acceptors (Lipinski definition) is 4. The number of halogens is 3. The summed E-state index contributed by atoms with van der Waals surface area (Å²) in [7, 11) is -4.14. The first-order valence-electron chi connectivity index (χ1n) is 7.42. The van der Waals surface area contributed by atoms with Crippen LogP contribution in [0.5, 0.6) is 0 Å². The molecule has 0 fully saturated rings. The van der Waals surface area contributed by atoms with Crippen LogP contribution < -0.4 is 4.72 Å². The predicted molar refractivity (Wildman–Crippen MR) is 87.4 cm³/mol. The molecule has 0 unspecified atom stereocenters. The number of nitrogens with zero attached hydrogens (tertiary/aromatic N) is 1. The minimum absolute atomic E-state index is 0.150. The van der Waals surface area contributed by atoms with Gasteiger partial charge in [-0.1, -0.05) is 12.1 Å². The second kappa shape index (κ2) is 6.93. The van der Waals surface area contributed by atoms with Gasteiger partial charge in [0, 0.05) is 12.7 Å².